The Hall–Kier alpha value is -3.39. The summed E-state index contributed by atoms with van der Waals surface area (Å²) in [5.74, 6) is 2.32. The molecule has 1 aliphatic heterocycles. The number of rotatable bonds is 8. The van der Waals surface area contributed by atoms with E-state index in [0.717, 1.165) is 42.1 Å². The standard InChI is InChI=1S/C25H31FN6.C3H5F.C3H8/c1-5-20(17-7-8-17)23-21(6-2)30-24(31-25(23)32(4)19-10-11-27-15-19)18-9-12-28-22(13-18)29-14-16(3)26;1-2-3-4;1-3-2/h5-6,9,12-14,17,19,27H,2,7-8,10-11,15H2,1,3-4H3,(H,28,29);2-3H,1H3;3H2,1-2H3/b16-14-,20-5-;3-2+;. The molecule has 1 aliphatic carbocycles. The summed E-state index contributed by atoms with van der Waals surface area (Å²) in [6.45, 7) is 15.4. The summed E-state index contributed by atoms with van der Waals surface area (Å²) in [5, 5.41) is 6.33. The van der Waals surface area contributed by atoms with Crippen LogP contribution in [0.3, 0.4) is 0 Å². The van der Waals surface area contributed by atoms with Crippen LogP contribution in [-0.2, 0) is 0 Å². The van der Waals surface area contributed by atoms with Crippen molar-refractivity contribution in [3.05, 3.63) is 66.7 Å². The Kier molecular flexibility index (Phi) is 13.5. The van der Waals surface area contributed by atoms with Gasteiger partial charge in [0.25, 0.3) is 0 Å². The number of anilines is 2. The molecule has 6 nitrogen and oxygen atoms in total. The minimum Gasteiger partial charge on any atom is -0.355 e. The lowest BCUT2D eigenvalue weighted by atomic mass is 9.98. The first-order valence-corrected chi connectivity index (χ1v) is 13.8. The average Bonchev–Trinajstić information content (AvgIpc) is 3.64. The first-order chi connectivity index (χ1) is 18.8. The summed E-state index contributed by atoms with van der Waals surface area (Å²) in [5.41, 5.74) is 4.05. The summed E-state index contributed by atoms with van der Waals surface area (Å²) >= 11 is 0. The molecule has 1 saturated heterocycles. The van der Waals surface area contributed by atoms with Gasteiger partial charge in [-0.05, 0) is 76.3 Å². The number of hydrogen-bond acceptors (Lipinski definition) is 6. The number of nitrogens with zero attached hydrogens (tertiary/aromatic N) is 4. The Morgan fingerprint density at radius 1 is 1.23 bits per heavy atom. The Balaban J connectivity index is 0.000000686. The molecule has 0 amide bonds. The van der Waals surface area contributed by atoms with Gasteiger partial charge in [0, 0.05) is 43.2 Å². The molecule has 1 atom stereocenters. The highest BCUT2D eigenvalue weighted by molar-refractivity contribution is 5.83. The monoisotopic (exact) mass is 538 g/mol. The van der Waals surface area contributed by atoms with Gasteiger partial charge in [-0.15, -0.1) is 0 Å². The van der Waals surface area contributed by atoms with E-state index < -0.39 is 0 Å². The third-order valence-electron chi connectivity index (χ3n) is 6.21. The summed E-state index contributed by atoms with van der Waals surface area (Å²) in [6.07, 6.45) is 13.5. The number of nitrogens with one attached hydrogen (secondary N) is 2. The highest BCUT2D eigenvalue weighted by Crippen LogP contribution is 2.46. The SMILES string of the molecule is C/C=C/F.C=Cc1nc(-c2ccnc(N/C=C(/C)F)c2)nc(N(C)C2CCNC2)c1/C(=C\C)C1CC1.CCC. The predicted molar refractivity (Wildman–Crippen MR) is 162 cm³/mol. The topological polar surface area (TPSA) is 66.0 Å². The third kappa shape index (κ3) is 9.39. The van der Waals surface area contributed by atoms with Crippen molar-refractivity contribution in [3.8, 4) is 11.4 Å². The van der Waals surface area contributed by atoms with Crippen molar-refractivity contribution >= 4 is 23.3 Å². The van der Waals surface area contributed by atoms with Crippen LogP contribution in [0.15, 0.2) is 55.4 Å². The van der Waals surface area contributed by atoms with Gasteiger partial charge in [-0.25, -0.2) is 23.7 Å². The molecule has 1 unspecified atom stereocenters. The molecule has 2 aliphatic rings. The van der Waals surface area contributed by atoms with Gasteiger partial charge in [0.15, 0.2) is 5.82 Å². The van der Waals surface area contributed by atoms with Gasteiger partial charge in [-0.1, -0.05) is 39.0 Å². The maximum Gasteiger partial charge on any atom is 0.162 e. The second kappa shape index (κ2) is 16.5. The Bertz CT molecular complexity index is 1140. The van der Waals surface area contributed by atoms with Crippen LogP contribution in [0.25, 0.3) is 23.0 Å². The molecule has 3 heterocycles. The second-order valence-electron chi connectivity index (χ2n) is 9.58. The number of halogens is 2. The molecular weight excluding hydrogens is 494 g/mol. The van der Waals surface area contributed by atoms with Crippen LogP contribution in [0.2, 0.25) is 0 Å². The van der Waals surface area contributed by atoms with Crippen LogP contribution in [0.4, 0.5) is 20.4 Å². The maximum absolute atomic E-state index is 13.1. The summed E-state index contributed by atoms with van der Waals surface area (Å²) < 4.78 is 23.7. The zero-order chi connectivity index (χ0) is 28.8. The van der Waals surface area contributed by atoms with E-state index in [9.17, 15) is 8.78 Å². The van der Waals surface area contributed by atoms with Crippen molar-refractivity contribution in [1.82, 2.24) is 20.3 Å². The molecule has 212 valence electrons. The predicted octanol–water partition coefficient (Wildman–Crippen LogP) is 7.94. The van der Waals surface area contributed by atoms with Gasteiger partial charge in [-0.2, -0.15) is 0 Å². The minimum atomic E-state index is -0.320. The quantitative estimate of drug-likeness (QED) is 0.356. The molecule has 0 spiro atoms. The fourth-order valence-corrected chi connectivity index (χ4v) is 4.22. The van der Waals surface area contributed by atoms with Crippen LogP contribution < -0.4 is 15.5 Å². The maximum atomic E-state index is 13.1. The molecule has 4 rings (SSSR count). The Morgan fingerprint density at radius 2 is 1.92 bits per heavy atom. The van der Waals surface area contributed by atoms with Crippen molar-refractivity contribution in [2.24, 2.45) is 5.92 Å². The average molecular weight is 539 g/mol. The Morgan fingerprint density at radius 3 is 2.44 bits per heavy atom. The van der Waals surface area contributed by atoms with Gasteiger partial charge in [-0.3, -0.25) is 0 Å². The first-order valence-electron chi connectivity index (χ1n) is 13.8. The van der Waals surface area contributed by atoms with Crippen molar-refractivity contribution in [2.75, 3.05) is 30.4 Å². The van der Waals surface area contributed by atoms with E-state index in [1.807, 2.05) is 18.2 Å². The molecule has 2 aromatic rings. The van der Waals surface area contributed by atoms with Crippen molar-refractivity contribution in [1.29, 1.82) is 0 Å². The van der Waals surface area contributed by atoms with Gasteiger partial charge in [0.2, 0.25) is 0 Å². The third-order valence-corrected chi connectivity index (χ3v) is 6.21. The van der Waals surface area contributed by atoms with Gasteiger partial charge in [0.1, 0.15) is 17.5 Å². The van der Waals surface area contributed by atoms with E-state index in [0.29, 0.717) is 29.9 Å². The smallest absolute Gasteiger partial charge is 0.162 e. The molecule has 0 bridgehead atoms. The normalized spacial score (nSPS) is 17.2. The van der Waals surface area contributed by atoms with Crippen LogP contribution in [0.5, 0.6) is 0 Å². The largest absolute Gasteiger partial charge is 0.355 e. The summed E-state index contributed by atoms with van der Waals surface area (Å²) in [6, 6.07) is 4.08. The van der Waals surface area contributed by atoms with Gasteiger partial charge >= 0.3 is 0 Å². The molecule has 0 radical (unpaired) electrons. The van der Waals surface area contributed by atoms with E-state index >= 15 is 0 Å². The van der Waals surface area contributed by atoms with Crippen LogP contribution in [0.1, 0.15) is 71.6 Å². The van der Waals surface area contributed by atoms with Crippen molar-refractivity contribution in [2.45, 2.75) is 66.3 Å². The summed E-state index contributed by atoms with van der Waals surface area (Å²) in [4.78, 5) is 16.5. The fourth-order valence-electron chi connectivity index (χ4n) is 4.22. The molecule has 0 aromatic carbocycles. The van der Waals surface area contributed by atoms with E-state index in [4.69, 9.17) is 9.97 Å². The molecule has 39 heavy (non-hydrogen) atoms. The highest BCUT2D eigenvalue weighted by Gasteiger charge is 2.32. The molecule has 2 aromatic heterocycles. The van der Waals surface area contributed by atoms with Gasteiger partial charge < -0.3 is 15.5 Å². The number of hydrogen-bond donors (Lipinski definition) is 2. The molecule has 1 saturated carbocycles. The Labute approximate surface area is 233 Å². The molecular formula is C31H44F2N6. The minimum absolute atomic E-state index is 0.320. The second-order valence-corrected chi connectivity index (χ2v) is 9.58. The first kappa shape index (κ1) is 31.8. The van der Waals surface area contributed by atoms with E-state index in [-0.39, 0.29) is 5.83 Å². The molecule has 2 N–H and O–H groups in total. The van der Waals surface area contributed by atoms with Gasteiger partial charge in [0.05, 0.1) is 12.0 Å². The lowest BCUT2D eigenvalue weighted by Crippen LogP contribution is -2.35. The van der Waals surface area contributed by atoms with Crippen LogP contribution >= 0.6 is 0 Å². The number of pyridine rings is 1. The zero-order valence-electron chi connectivity index (χ0n) is 24.3. The zero-order valence-corrected chi connectivity index (χ0v) is 24.3. The molecule has 8 heteroatoms. The lowest BCUT2D eigenvalue weighted by Gasteiger charge is -2.29. The summed E-state index contributed by atoms with van der Waals surface area (Å²) in [7, 11) is 2.12. The van der Waals surface area contributed by atoms with Crippen LogP contribution in [-0.4, -0.2) is 41.1 Å². The lowest BCUT2D eigenvalue weighted by molar-refractivity contribution is 0.639. The van der Waals surface area contributed by atoms with Crippen molar-refractivity contribution < 1.29 is 8.78 Å². The fraction of sp³-hybridized carbons (Fsp3) is 0.452. The highest BCUT2D eigenvalue weighted by atomic mass is 19.1. The number of likely N-dealkylation sites (N-methyl/N-ethyl adjacent to an activating group) is 1. The molecule has 2 fully saturated rings. The number of allylic oxidation sites excluding steroid dienone is 4. The van der Waals surface area contributed by atoms with E-state index in [1.165, 1.54) is 44.0 Å². The van der Waals surface area contributed by atoms with Crippen molar-refractivity contribution in [3.63, 3.8) is 0 Å². The van der Waals surface area contributed by atoms with E-state index in [2.05, 4.69) is 61.0 Å². The van der Waals surface area contributed by atoms with E-state index in [1.54, 1.807) is 13.1 Å². The number of aromatic nitrogens is 3. The van der Waals surface area contributed by atoms with Crippen LogP contribution in [0, 0.1) is 5.92 Å².